The summed E-state index contributed by atoms with van der Waals surface area (Å²) in [4.78, 5) is 33.5. The lowest BCUT2D eigenvalue weighted by molar-refractivity contribution is -0.145. The molecule has 3 rings (SSSR count). The lowest BCUT2D eigenvalue weighted by Crippen LogP contribution is -2.40. The highest BCUT2D eigenvalue weighted by Crippen LogP contribution is 2.46. The number of aliphatic hydroxyl groups is 2. The first kappa shape index (κ1) is 50.9. The van der Waals surface area contributed by atoms with Gasteiger partial charge in [-0.25, -0.2) is 19.6 Å². The van der Waals surface area contributed by atoms with Gasteiger partial charge in [0, 0.05) is 32.9 Å². The fourth-order valence-corrected chi connectivity index (χ4v) is 8.25. The average molecular weight is 863 g/mol. The molecule has 60 heavy (non-hydrogen) atoms. The highest BCUT2D eigenvalue weighted by Gasteiger charge is 2.36. The number of rotatable bonds is 33. The van der Waals surface area contributed by atoms with E-state index in [0.717, 1.165) is 28.5 Å². The van der Waals surface area contributed by atoms with Crippen molar-refractivity contribution in [2.45, 2.75) is 155 Å². The Hall–Kier alpha value is -3.47. The van der Waals surface area contributed by atoms with Crippen molar-refractivity contribution in [3.05, 3.63) is 53.0 Å². The van der Waals surface area contributed by atoms with Gasteiger partial charge < -0.3 is 40.5 Å². The van der Waals surface area contributed by atoms with Gasteiger partial charge in [-0.15, -0.1) is 0 Å². The molecular weight excluding hydrogens is 791 g/mol. The van der Waals surface area contributed by atoms with Crippen LogP contribution in [-0.2, 0) is 39.2 Å². The summed E-state index contributed by atoms with van der Waals surface area (Å²) >= 11 is 0. The highest BCUT2D eigenvalue weighted by molar-refractivity contribution is 7.51. The van der Waals surface area contributed by atoms with Crippen LogP contribution < -0.4 is 16.6 Å². The standard InChI is InChI=1S/C43H71N6O10P/c1-6-7-8-9-10-11-12-13-14-15-16-17-18-21-25-56-26-22-27-57-43(53)32(3)48-60(54,58-29-34-24-20-19-23-31(34)2)59-30-36(55-5)38(50)42(52)49-28-35(40(45)51)37-39(44)46-33(4)47-41(37)49/h19-20,23-24,28,32,36,38,42,50,52H,6-18,21-22,25-27,29-30H2,1-5H3,(H2,45,51)(H,48,54)(H2,44,46,47)/t32-,36?,38+,42+,60?/m0/s1. The summed E-state index contributed by atoms with van der Waals surface area (Å²) in [5, 5.41) is 25.3. The quantitative estimate of drug-likeness (QED) is 0.0229. The van der Waals surface area contributed by atoms with E-state index >= 15 is 0 Å². The molecule has 2 unspecified atom stereocenters. The summed E-state index contributed by atoms with van der Waals surface area (Å²) in [6, 6.07) is 6.22. The lowest BCUT2D eigenvalue weighted by atomic mass is 10.0. The Labute approximate surface area is 356 Å². The van der Waals surface area contributed by atoms with Crippen LogP contribution in [0.2, 0.25) is 0 Å². The van der Waals surface area contributed by atoms with Crippen LogP contribution in [0, 0.1) is 13.8 Å². The largest absolute Gasteiger partial charge is 0.464 e. The molecule has 7 N–H and O–H groups in total. The van der Waals surface area contributed by atoms with E-state index < -0.39 is 50.7 Å². The molecule has 0 aliphatic carbocycles. The zero-order chi connectivity index (χ0) is 43.9. The predicted molar refractivity (Wildman–Crippen MR) is 232 cm³/mol. The van der Waals surface area contributed by atoms with Gasteiger partial charge in [-0.3, -0.25) is 18.6 Å². The lowest BCUT2D eigenvalue weighted by Gasteiger charge is -2.29. The molecule has 0 spiro atoms. The van der Waals surface area contributed by atoms with Gasteiger partial charge in [0.25, 0.3) is 5.91 Å². The fourth-order valence-electron chi connectivity index (χ4n) is 6.80. The Bertz CT molecular complexity index is 1780. The maximum absolute atomic E-state index is 14.2. The number of aliphatic hydroxyl groups excluding tert-OH is 2. The molecule has 16 nitrogen and oxygen atoms in total. The first-order valence-corrected chi connectivity index (χ1v) is 23.1. The maximum atomic E-state index is 14.2. The summed E-state index contributed by atoms with van der Waals surface area (Å²) in [5.41, 5.74) is 13.2. The molecule has 0 fully saturated rings. The van der Waals surface area contributed by atoms with E-state index in [1.807, 2.05) is 25.1 Å². The van der Waals surface area contributed by atoms with Crippen molar-refractivity contribution in [2.24, 2.45) is 5.73 Å². The van der Waals surface area contributed by atoms with Gasteiger partial charge in [-0.05, 0) is 38.3 Å². The fraction of sp³-hybridized carbons (Fsp3) is 0.674. The summed E-state index contributed by atoms with van der Waals surface area (Å²) in [5.74, 6) is -1.31. The molecule has 0 saturated carbocycles. The van der Waals surface area contributed by atoms with Crippen molar-refractivity contribution in [2.75, 3.05) is 39.3 Å². The van der Waals surface area contributed by atoms with Crippen LogP contribution in [0.25, 0.3) is 11.0 Å². The van der Waals surface area contributed by atoms with Crippen LogP contribution in [0.1, 0.15) is 144 Å². The van der Waals surface area contributed by atoms with Gasteiger partial charge in [0.05, 0.1) is 30.8 Å². The number of benzene rings is 1. The van der Waals surface area contributed by atoms with E-state index in [2.05, 4.69) is 22.0 Å². The van der Waals surface area contributed by atoms with Gasteiger partial charge in [0.2, 0.25) is 0 Å². The van der Waals surface area contributed by atoms with Crippen LogP contribution in [-0.4, -0.2) is 88.4 Å². The predicted octanol–water partition coefficient (Wildman–Crippen LogP) is 7.35. The first-order chi connectivity index (χ1) is 28.8. The third kappa shape index (κ3) is 17.1. The monoisotopic (exact) mass is 862 g/mol. The van der Waals surface area contributed by atoms with Crippen molar-refractivity contribution in [1.82, 2.24) is 19.6 Å². The number of carbonyl (C=O) groups is 2. The second kappa shape index (κ2) is 27.5. The highest BCUT2D eigenvalue weighted by atomic mass is 31.2. The molecular formula is C43H71N6O10P. The SMILES string of the molecule is CCCCCCCCCCCCCCCCOCCCOC(=O)[C@H](C)NP(=O)(OCc1ccccc1C)OCC(OC)[C@@H](O)[C@@H](O)n1cc(C(N)=O)c2c(N)nc(C)nc21. The van der Waals surface area contributed by atoms with E-state index in [1.54, 1.807) is 13.0 Å². The van der Waals surface area contributed by atoms with Crippen LogP contribution in [0.5, 0.6) is 0 Å². The molecule has 0 aliphatic rings. The Morgan fingerprint density at radius 2 is 1.47 bits per heavy atom. The van der Waals surface area contributed by atoms with Crippen molar-refractivity contribution in [1.29, 1.82) is 0 Å². The minimum atomic E-state index is -4.32. The number of amides is 1. The zero-order valence-corrected chi connectivity index (χ0v) is 37.3. The smallest absolute Gasteiger partial charge is 0.406 e. The summed E-state index contributed by atoms with van der Waals surface area (Å²) in [6.07, 6.45) is 15.1. The number of nitrogens with one attached hydrogen (secondary N) is 1. The van der Waals surface area contributed by atoms with Crippen molar-refractivity contribution in [3.8, 4) is 0 Å². The number of methoxy groups -OCH3 is 1. The average Bonchev–Trinajstić information content (AvgIpc) is 3.61. The molecule has 2 aromatic heterocycles. The van der Waals surface area contributed by atoms with Crippen LogP contribution in [0.4, 0.5) is 5.82 Å². The third-order valence-electron chi connectivity index (χ3n) is 10.4. The number of primary amides is 1. The Balaban J connectivity index is 1.46. The van der Waals surface area contributed by atoms with Crippen LogP contribution in [0.3, 0.4) is 0 Å². The van der Waals surface area contributed by atoms with Gasteiger partial charge in [-0.1, -0.05) is 115 Å². The van der Waals surface area contributed by atoms with Crippen molar-refractivity contribution >= 4 is 36.5 Å². The minimum absolute atomic E-state index is 0.0347. The number of carbonyl (C=O) groups excluding carboxylic acids is 2. The van der Waals surface area contributed by atoms with Gasteiger partial charge in [-0.2, -0.15) is 0 Å². The third-order valence-corrected chi connectivity index (χ3v) is 12.1. The number of esters is 1. The Morgan fingerprint density at radius 3 is 2.07 bits per heavy atom. The van der Waals surface area contributed by atoms with E-state index in [0.29, 0.717) is 19.6 Å². The van der Waals surface area contributed by atoms with Gasteiger partial charge in [0.15, 0.2) is 6.23 Å². The maximum Gasteiger partial charge on any atom is 0.406 e. The van der Waals surface area contributed by atoms with E-state index in [1.165, 1.54) is 97.3 Å². The molecule has 1 amide bonds. The Morgan fingerprint density at radius 1 is 0.867 bits per heavy atom. The van der Waals surface area contributed by atoms with E-state index in [9.17, 15) is 24.4 Å². The summed E-state index contributed by atoms with van der Waals surface area (Å²) in [7, 11) is -3.06. The number of nitrogen functional groups attached to an aromatic ring is 1. The molecule has 0 aliphatic heterocycles. The number of unbranched alkanes of at least 4 members (excludes halogenated alkanes) is 13. The van der Waals surface area contributed by atoms with E-state index in [4.69, 9.17) is 34.7 Å². The number of anilines is 1. The number of hydrogen-bond donors (Lipinski definition) is 5. The first-order valence-electron chi connectivity index (χ1n) is 21.6. The molecule has 338 valence electrons. The number of nitrogens with two attached hydrogens (primary N) is 2. The molecule has 0 radical (unpaired) electrons. The molecule has 0 bridgehead atoms. The second-order valence-corrected chi connectivity index (χ2v) is 17.2. The number of hydrogen-bond acceptors (Lipinski definition) is 13. The summed E-state index contributed by atoms with van der Waals surface area (Å²) < 4.78 is 43.5. The summed E-state index contributed by atoms with van der Waals surface area (Å²) in [6.45, 7) is 7.68. The van der Waals surface area contributed by atoms with E-state index in [-0.39, 0.29) is 41.5 Å². The molecule has 0 saturated heterocycles. The normalized spacial score (nSPS) is 14.8. The number of nitrogens with zero attached hydrogens (tertiary/aromatic N) is 3. The molecule has 17 heteroatoms. The van der Waals surface area contributed by atoms with Crippen molar-refractivity contribution < 1.29 is 47.6 Å². The van der Waals surface area contributed by atoms with Crippen LogP contribution >= 0.6 is 7.75 Å². The zero-order valence-electron chi connectivity index (χ0n) is 36.4. The topological polar surface area (TPSA) is 233 Å². The molecule has 1 aromatic carbocycles. The van der Waals surface area contributed by atoms with Crippen molar-refractivity contribution in [3.63, 3.8) is 0 Å². The number of aryl methyl sites for hydroxylation is 2. The van der Waals surface area contributed by atoms with Gasteiger partial charge >= 0.3 is 13.7 Å². The molecule has 5 atom stereocenters. The number of fused-ring (bicyclic) bond motifs is 1. The number of aromatic nitrogens is 3. The molecule has 3 aromatic rings. The Kier molecular flexibility index (Phi) is 23.3. The number of ether oxygens (including phenoxy) is 3. The second-order valence-electron chi connectivity index (χ2n) is 15.4. The molecule has 2 heterocycles. The van der Waals surface area contributed by atoms with Gasteiger partial charge in [0.1, 0.15) is 35.5 Å². The minimum Gasteiger partial charge on any atom is -0.464 e. The van der Waals surface area contributed by atoms with Crippen LogP contribution in [0.15, 0.2) is 30.5 Å².